The number of hydrogen-bond acceptors (Lipinski definition) is 4. The van der Waals surface area contributed by atoms with E-state index < -0.39 is 12.0 Å². The highest BCUT2D eigenvalue weighted by molar-refractivity contribution is 5.77. The molecular weight excluding hydrogens is 136 g/mol. The van der Waals surface area contributed by atoms with Crippen molar-refractivity contribution in [3.8, 4) is 0 Å². The molecule has 0 aliphatic rings. The van der Waals surface area contributed by atoms with E-state index in [0.29, 0.717) is 6.54 Å². The quantitative estimate of drug-likeness (QED) is 0.357. The molecule has 0 radical (unpaired) electrons. The fraction of sp³-hybridized carbons (Fsp3) is 0.800. The molecule has 0 heterocycles. The van der Waals surface area contributed by atoms with E-state index in [4.69, 9.17) is 15.9 Å². The Morgan fingerprint density at radius 1 is 1.70 bits per heavy atom. The molecule has 5 nitrogen and oxygen atoms in total. The molecule has 0 aromatic carbocycles. The number of hydrogen-bond donors (Lipinski definition) is 4. The van der Waals surface area contributed by atoms with Gasteiger partial charge in [0.05, 0.1) is 6.61 Å². The Balaban J connectivity index is 0. The number of nitrogens with two attached hydrogens (primary N) is 2. The van der Waals surface area contributed by atoms with E-state index in [0.717, 1.165) is 0 Å². The van der Waals surface area contributed by atoms with Gasteiger partial charge in [-0.15, -0.1) is 0 Å². The molecule has 62 valence electrons. The summed E-state index contributed by atoms with van der Waals surface area (Å²) in [4.78, 5) is 9.67. The maximum absolute atomic E-state index is 9.67. The molecule has 1 amide bonds. The number of amides is 1. The maximum atomic E-state index is 9.67. The van der Waals surface area contributed by atoms with Crippen LogP contribution in [0.5, 0.6) is 0 Å². The lowest BCUT2D eigenvalue weighted by atomic mass is 10.4. The Hall–Kier alpha value is -0.650. The summed E-state index contributed by atoms with van der Waals surface area (Å²) < 4.78 is 0. The number of carbonyl (C=O) groups excluding carboxylic acids is 1. The van der Waals surface area contributed by atoms with E-state index in [-0.39, 0.29) is 6.61 Å². The van der Waals surface area contributed by atoms with Crippen LogP contribution in [0.25, 0.3) is 0 Å². The number of rotatable bonds is 2. The van der Waals surface area contributed by atoms with Crippen molar-refractivity contribution in [3.63, 3.8) is 0 Å². The molecule has 0 aliphatic heterocycles. The smallest absolute Gasteiger partial charge is 0.245 e. The van der Waals surface area contributed by atoms with Crippen molar-refractivity contribution >= 4 is 5.91 Å². The Labute approximate surface area is 59.6 Å². The predicted octanol–water partition coefficient (Wildman–Crippen LogP) is -2.21. The molecule has 5 heteroatoms. The fourth-order valence-electron chi connectivity index (χ4n) is 0. The molecule has 0 bridgehead atoms. The molecule has 0 fully saturated rings. The van der Waals surface area contributed by atoms with Crippen LogP contribution in [0.1, 0.15) is 6.92 Å². The van der Waals surface area contributed by atoms with Crippen molar-refractivity contribution in [2.24, 2.45) is 11.5 Å². The van der Waals surface area contributed by atoms with Crippen molar-refractivity contribution in [2.75, 3.05) is 13.2 Å². The average molecular weight is 150 g/mol. The number of primary amides is 1. The molecule has 1 atom stereocenters. The molecule has 10 heavy (non-hydrogen) atoms. The van der Waals surface area contributed by atoms with Crippen LogP contribution in [0.3, 0.4) is 0 Å². The lowest BCUT2D eigenvalue weighted by Gasteiger charge is -1.90. The van der Waals surface area contributed by atoms with Gasteiger partial charge in [0.25, 0.3) is 0 Å². The molecule has 0 aromatic heterocycles. The molecule has 1 unspecified atom stereocenters. The zero-order chi connectivity index (χ0) is 8.57. The van der Waals surface area contributed by atoms with Crippen molar-refractivity contribution in [1.29, 1.82) is 0 Å². The molecule has 0 aliphatic carbocycles. The van der Waals surface area contributed by atoms with E-state index in [1.54, 1.807) is 0 Å². The maximum Gasteiger partial charge on any atom is 0.245 e. The van der Waals surface area contributed by atoms with Gasteiger partial charge in [-0.3, -0.25) is 4.79 Å². The van der Waals surface area contributed by atoms with E-state index in [1.807, 2.05) is 0 Å². The number of aliphatic hydroxyl groups excluding tert-OH is 2. The zero-order valence-electron chi connectivity index (χ0n) is 5.95. The van der Waals surface area contributed by atoms with Crippen molar-refractivity contribution in [2.45, 2.75) is 13.0 Å². The topological polar surface area (TPSA) is 110 Å². The van der Waals surface area contributed by atoms with Crippen LogP contribution in [0, 0.1) is 0 Å². The van der Waals surface area contributed by atoms with Gasteiger partial charge in [0, 0.05) is 6.54 Å². The highest BCUT2D eigenvalue weighted by atomic mass is 16.3. The van der Waals surface area contributed by atoms with Crippen molar-refractivity contribution in [3.05, 3.63) is 0 Å². The standard InChI is InChI=1S/C3H7NO2.C2H7NO/c1-2(5)3(4)6;3-1-2-4/h2,5H,1H3,(H2,4,6);4H,1-3H2. The van der Waals surface area contributed by atoms with Crippen molar-refractivity contribution in [1.82, 2.24) is 0 Å². The van der Waals surface area contributed by atoms with Gasteiger partial charge >= 0.3 is 0 Å². The molecular formula is C5H14N2O3. The first kappa shape index (κ1) is 12.1. The summed E-state index contributed by atoms with van der Waals surface area (Å²) in [6.07, 6.45) is -1.01. The average Bonchev–Trinajstić information content (AvgIpc) is 1.89. The summed E-state index contributed by atoms with van der Waals surface area (Å²) >= 11 is 0. The van der Waals surface area contributed by atoms with Crippen LogP contribution in [-0.4, -0.2) is 35.4 Å². The second-order valence-electron chi connectivity index (χ2n) is 1.59. The van der Waals surface area contributed by atoms with Crippen LogP contribution in [-0.2, 0) is 4.79 Å². The van der Waals surface area contributed by atoms with Crippen LogP contribution in [0.15, 0.2) is 0 Å². The molecule has 0 spiro atoms. The Morgan fingerprint density at radius 3 is 1.90 bits per heavy atom. The van der Waals surface area contributed by atoms with Gasteiger partial charge < -0.3 is 21.7 Å². The van der Waals surface area contributed by atoms with Crippen LogP contribution in [0.2, 0.25) is 0 Å². The van der Waals surface area contributed by atoms with E-state index >= 15 is 0 Å². The van der Waals surface area contributed by atoms with E-state index in [9.17, 15) is 4.79 Å². The molecule has 0 saturated carbocycles. The third kappa shape index (κ3) is 15.7. The normalized spacial score (nSPS) is 11.2. The van der Waals surface area contributed by atoms with Gasteiger partial charge in [0.1, 0.15) is 6.10 Å². The summed E-state index contributed by atoms with van der Waals surface area (Å²) in [5, 5.41) is 15.9. The highest BCUT2D eigenvalue weighted by Crippen LogP contribution is 1.70. The molecule has 0 aromatic rings. The van der Waals surface area contributed by atoms with Gasteiger partial charge in [-0.05, 0) is 6.92 Å². The monoisotopic (exact) mass is 150 g/mol. The molecule has 0 rings (SSSR count). The zero-order valence-corrected chi connectivity index (χ0v) is 5.95. The third-order valence-electron chi connectivity index (χ3n) is 0.541. The molecule has 0 saturated heterocycles. The summed E-state index contributed by atoms with van der Waals surface area (Å²) in [6.45, 7) is 1.79. The van der Waals surface area contributed by atoms with Crippen LogP contribution in [0.4, 0.5) is 0 Å². The first-order valence-corrected chi connectivity index (χ1v) is 2.84. The third-order valence-corrected chi connectivity index (χ3v) is 0.541. The first-order valence-electron chi connectivity index (χ1n) is 2.84. The van der Waals surface area contributed by atoms with Crippen LogP contribution < -0.4 is 11.5 Å². The van der Waals surface area contributed by atoms with E-state index in [1.165, 1.54) is 6.92 Å². The second kappa shape index (κ2) is 8.35. The Bertz CT molecular complexity index is 83.0. The van der Waals surface area contributed by atoms with E-state index in [2.05, 4.69) is 5.73 Å². The Morgan fingerprint density at radius 2 is 1.90 bits per heavy atom. The van der Waals surface area contributed by atoms with Gasteiger partial charge in [-0.1, -0.05) is 0 Å². The summed E-state index contributed by atoms with van der Waals surface area (Å²) in [6, 6.07) is 0. The fourth-order valence-corrected chi connectivity index (χ4v) is 0. The largest absolute Gasteiger partial charge is 0.395 e. The number of carbonyl (C=O) groups is 1. The summed E-state index contributed by atoms with van der Waals surface area (Å²) in [5.41, 5.74) is 9.32. The minimum Gasteiger partial charge on any atom is -0.395 e. The molecule has 6 N–H and O–H groups in total. The lowest BCUT2D eigenvalue weighted by molar-refractivity contribution is -0.125. The lowest BCUT2D eigenvalue weighted by Crippen LogP contribution is -2.24. The summed E-state index contributed by atoms with van der Waals surface area (Å²) in [7, 11) is 0. The van der Waals surface area contributed by atoms with Crippen LogP contribution >= 0.6 is 0 Å². The minimum absolute atomic E-state index is 0.0972. The van der Waals surface area contributed by atoms with Crippen molar-refractivity contribution < 1.29 is 15.0 Å². The highest BCUT2D eigenvalue weighted by Gasteiger charge is 1.98. The minimum atomic E-state index is -1.01. The second-order valence-corrected chi connectivity index (χ2v) is 1.59. The summed E-state index contributed by atoms with van der Waals surface area (Å²) in [5.74, 6) is -0.685. The SMILES string of the molecule is CC(O)C(N)=O.NCCO. The predicted molar refractivity (Wildman–Crippen MR) is 37.0 cm³/mol. The number of aliphatic hydroxyl groups is 2. The first-order chi connectivity index (χ1) is 4.56. The van der Waals surface area contributed by atoms with Gasteiger partial charge in [-0.25, -0.2) is 0 Å². The van der Waals surface area contributed by atoms with Gasteiger partial charge in [0.2, 0.25) is 5.91 Å². The van der Waals surface area contributed by atoms with Gasteiger partial charge in [0.15, 0.2) is 0 Å². The van der Waals surface area contributed by atoms with Gasteiger partial charge in [-0.2, -0.15) is 0 Å². The Kier molecular flexibility index (Phi) is 10.1.